The number of hydrogen-bond acceptors (Lipinski definition) is 1. The fourth-order valence-electron chi connectivity index (χ4n) is 1.80. The number of allylic oxidation sites excluding steroid dienone is 2. The van der Waals surface area contributed by atoms with Gasteiger partial charge in [0.05, 0.1) is 21.7 Å². The minimum absolute atomic E-state index is 0.192. The lowest BCUT2D eigenvalue weighted by atomic mass is 10.2. The number of aryl methyl sites for hydroxylation is 1. The van der Waals surface area contributed by atoms with Gasteiger partial charge in [0.15, 0.2) is 0 Å². The Morgan fingerprint density at radius 1 is 1.71 bits per heavy atom. The van der Waals surface area contributed by atoms with Crippen molar-refractivity contribution < 1.29 is 0 Å². The summed E-state index contributed by atoms with van der Waals surface area (Å²) in [6.07, 6.45) is 6.08. The van der Waals surface area contributed by atoms with Gasteiger partial charge < -0.3 is 0 Å². The SMILES string of the molecule is CCn1ncc(Br)c1C1=CC(Cl)CC1. The Hall–Kier alpha value is -0.280. The predicted octanol–water partition coefficient (Wildman–Crippen LogP) is 3.45. The fourth-order valence-corrected chi connectivity index (χ4v) is 2.61. The van der Waals surface area contributed by atoms with Gasteiger partial charge in [-0.1, -0.05) is 6.08 Å². The molecule has 1 atom stereocenters. The highest BCUT2D eigenvalue weighted by molar-refractivity contribution is 9.10. The van der Waals surface area contributed by atoms with Crippen molar-refractivity contribution in [3.8, 4) is 0 Å². The van der Waals surface area contributed by atoms with E-state index in [1.165, 1.54) is 11.3 Å². The maximum absolute atomic E-state index is 6.05. The lowest BCUT2D eigenvalue weighted by Crippen LogP contribution is -2.01. The molecule has 1 aliphatic rings. The second-order valence-corrected chi connectivity index (χ2v) is 4.82. The molecule has 1 aromatic heterocycles. The second kappa shape index (κ2) is 4.07. The molecule has 1 unspecified atom stereocenters. The molecule has 0 spiro atoms. The summed E-state index contributed by atoms with van der Waals surface area (Å²) in [5, 5.41) is 4.48. The zero-order valence-corrected chi connectivity index (χ0v) is 10.3. The second-order valence-electron chi connectivity index (χ2n) is 3.40. The van der Waals surface area contributed by atoms with Crippen LogP contribution in [-0.2, 0) is 6.54 Å². The summed E-state index contributed by atoms with van der Waals surface area (Å²) in [5.41, 5.74) is 2.51. The molecular weight excluding hydrogens is 263 g/mol. The first-order valence-corrected chi connectivity index (χ1v) is 6.01. The smallest absolute Gasteiger partial charge is 0.0781 e. The van der Waals surface area contributed by atoms with Gasteiger partial charge in [0.25, 0.3) is 0 Å². The molecule has 0 saturated carbocycles. The highest BCUT2D eigenvalue weighted by Gasteiger charge is 2.19. The number of alkyl halides is 1. The van der Waals surface area contributed by atoms with Crippen molar-refractivity contribution in [2.24, 2.45) is 0 Å². The van der Waals surface area contributed by atoms with Crippen molar-refractivity contribution in [3.63, 3.8) is 0 Å². The van der Waals surface area contributed by atoms with Crippen LogP contribution in [0, 0.1) is 0 Å². The van der Waals surface area contributed by atoms with Gasteiger partial charge in [0.2, 0.25) is 0 Å². The van der Waals surface area contributed by atoms with Gasteiger partial charge in [-0.05, 0) is 41.3 Å². The zero-order valence-electron chi connectivity index (χ0n) is 8.00. The van der Waals surface area contributed by atoms with Crippen LogP contribution in [0.2, 0.25) is 0 Å². The molecule has 0 N–H and O–H groups in total. The standard InChI is InChI=1S/C10H12BrClN2/c1-2-14-10(9(11)6-13-14)7-3-4-8(12)5-7/h5-6,8H,2-4H2,1H3. The Bertz CT molecular complexity index is 370. The molecule has 0 saturated heterocycles. The van der Waals surface area contributed by atoms with E-state index in [-0.39, 0.29) is 5.38 Å². The molecule has 1 aromatic rings. The van der Waals surface area contributed by atoms with Crippen LogP contribution >= 0.6 is 27.5 Å². The summed E-state index contributed by atoms with van der Waals surface area (Å²) in [4.78, 5) is 0. The van der Waals surface area contributed by atoms with Crippen molar-refractivity contribution in [2.75, 3.05) is 0 Å². The van der Waals surface area contributed by atoms with Crippen molar-refractivity contribution in [1.82, 2.24) is 9.78 Å². The van der Waals surface area contributed by atoms with E-state index in [2.05, 4.69) is 34.0 Å². The van der Waals surface area contributed by atoms with E-state index in [1.54, 1.807) is 0 Å². The first kappa shape index (κ1) is 10.2. The maximum atomic E-state index is 6.05. The normalized spacial score (nSPS) is 21.4. The molecule has 1 heterocycles. The Kier molecular flexibility index (Phi) is 2.98. The topological polar surface area (TPSA) is 17.8 Å². The Labute approximate surface area is 97.1 Å². The molecule has 2 nitrogen and oxygen atoms in total. The first-order chi connectivity index (χ1) is 6.72. The lowest BCUT2D eigenvalue weighted by Gasteiger charge is -2.05. The predicted molar refractivity (Wildman–Crippen MR) is 62.5 cm³/mol. The summed E-state index contributed by atoms with van der Waals surface area (Å²) in [5.74, 6) is 0. The molecule has 0 radical (unpaired) electrons. The molecule has 4 heteroatoms. The summed E-state index contributed by atoms with van der Waals surface area (Å²) in [6.45, 7) is 2.99. The van der Waals surface area contributed by atoms with Crippen LogP contribution < -0.4 is 0 Å². The van der Waals surface area contributed by atoms with E-state index in [9.17, 15) is 0 Å². The van der Waals surface area contributed by atoms with E-state index in [4.69, 9.17) is 11.6 Å². The molecule has 0 bridgehead atoms. The average Bonchev–Trinajstić information content (AvgIpc) is 2.71. The quantitative estimate of drug-likeness (QED) is 0.756. The Morgan fingerprint density at radius 2 is 2.50 bits per heavy atom. The largest absolute Gasteiger partial charge is 0.264 e. The fraction of sp³-hybridized carbons (Fsp3) is 0.500. The molecule has 0 aromatic carbocycles. The maximum Gasteiger partial charge on any atom is 0.0781 e. The summed E-state index contributed by atoms with van der Waals surface area (Å²) < 4.78 is 3.07. The molecule has 1 aliphatic carbocycles. The zero-order chi connectivity index (χ0) is 10.1. The molecule has 0 amide bonds. The Balaban J connectivity index is 2.40. The van der Waals surface area contributed by atoms with Crippen molar-refractivity contribution >= 4 is 33.1 Å². The number of halogens is 2. The van der Waals surface area contributed by atoms with Gasteiger partial charge >= 0.3 is 0 Å². The molecular formula is C10H12BrClN2. The van der Waals surface area contributed by atoms with Gasteiger partial charge in [-0.3, -0.25) is 4.68 Å². The third kappa shape index (κ3) is 1.75. The molecule has 14 heavy (non-hydrogen) atoms. The first-order valence-electron chi connectivity index (χ1n) is 4.78. The van der Waals surface area contributed by atoms with Crippen molar-refractivity contribution in [1.29, 1.82) is 0 Å². The van der Waals surface area contributed by atoms with Crippen molar-refractivity contribution in [3.05, 3.63) is 22.4 Å². The van der Waals surface area contributed by atoms with Gasteiger partial charge in [0.1, 0.15) is 0 Å². The van der Waals surface area contributed by atoms with Crippen LogP contribution in [0.4, 0.5) is 0 Å². The molecule has 0 aliphatic heterocycles. The highest BCUT2D eigenvalue weighted by Crippen LogP contribution is 2.34. The van der Waals surface area contributed by atoms with Gasteiger partial charge in [0, 0.05) is 6.54 Å². The minimum atomic E-state index is 0.192. The summed E-state index contributed by atoms with van der Waals surface area (Å²) in [7, 11) is 0. The van der Waals surface area contributed by atoms with Crippen LogP contribution in [0.25, 0.3) is 5.57 Å². The van der Waals surface area contributed by atoms with Gasteiger partial charge in [-0.25, -0.2) is 0 Å². The van der Waals surface area contributed by atoms with Gasteiger partial charge in [-0.15, -0.1) is 11.6 Å². The Morgan fingerprint density at radius 3 is 3.07 bits per heavy atom. The van der Waals surface area contributed by atoms with Crippen LogP contribution in [0.5, 0.6) is 0 Å². The molecule has 76 valence electrons. The summed E-state index contributed by atoms with van der Waals surface area (Å²) >= 11 is 9.57. The number of hydrogen-bond donors (Lipinski definition) is 0. The molecule has 2 rings (SSSR count). The van der Waals surface area contributed by atoms with E-state index in [1.807, 2.05) is 10.9 Å². The van der Waals surface area contributed by atoms with E-state index < -0.39 is 0 Å². The van der Waals surface area contributed by atoms with Crippen molar-refractivity contribution in [2.45, 2.75) is 31.7 Å². The third-order valence-electron chi connectivity index (χ3n) is 2.47. The number of aromatic nitrogens is 2. The number of nitrogens with zero attached hydrogens (tertiary/aromatic N) is 2. The minimum Gasteiger partial charge on any atom is -0.264 e. The lowest BCUT2D eigenvalue weighted by molar-refractivity contribution is 0.649. The van der Waals surface area contributed by atoms with Crippen LogP contribution in [0.3, 0.4) is 0 Å². The van der Waals surface area contributed by atoms with E-state index in [0.717, 1.165) is 23.9 Å². The van der Waals surface area contributed by atoms with E-state index >= 15 is 0 Å². The average molecular weight is 276 g/mol. The van der Waals surface area contributed by atoms with Crippen LogP contribution in [0.1, 0.15) is 25.5 Å². The number of rotatable bonds is 2. The van der Waals surface area contributed by atoms with E-state index in [0.29, 0.717) is 0 Å². The van der Waals surface area contributed by atoms with Crippen LogP contribution in [-0.4, -0.2) is 15.2 Å². The monoisotopic (exact) mass is 274 g/mol. The van der Waals surface area contributed by atoms with Gasteiger partial charge in [-0.2, -0.15) is 5.10 Å². The molecule has 0 fully saturated rings. The van der Waals surface area contributed by atoms with Crippen LogP contribution in [0.15, 0.2) is 16.7 Å². The highest BCUT2D eigenvalue weighted by atomic mass is 79.9. The summed E-state index contributed by atoms with van der Waals surface area (Å²) in [6, 6.07) is 0. The third-order valence-corrected chi connectivity index (χ3v) is 3.39.